The quantitative estimate of drug-likeness (QED) is 0.879. The maximum absolute atomic E-state index is 12.5. The summed E-state index contributed by atoms with van der Waals surface area (Å²) in [5.74, 6) is -0.278. The van der Waals surface area contributed by atoms with Crippen molar-refractivity contribution in [3.05, 3.63) is 28.0 Å². The Morgan fingerprint density at radius 1 is 1.46 bits per heavy atom. The Hall–Kier alpha value is -2.36. The summed E-state index contributed by atoms with van der Waals surface area (Å²) in [6.07, 6.45) is -2.34. The Bertz CT molecular complexity index is 887. The normalized spacial score (nSPS) is 18.6. The Labute approximate surface area is 146 Å². The molecule has 1 N–H and O–H groups in total. The van der Waals surface area contributed by atoms with Gasteiger partial charge in [0.1, 0.15) is 17.5 Å². The van der Waals surface area contributed by atoms with Crippen LogP contribution in [0.2, 0.25) is 0 Å². The molecular formula is C16H19F3N4O3. The standard InChI is InChI=1S/C16H19F3N4O3/c1-9-11(12-14(26-9)21-8-22(2)15(12)25)13(24)20-5-10-3-4-23(6-10)7-16(17,18)19/h8,10H,3-7H2,1-2H3,(H,20,24). The Morgan fingerprint density at radius 3 is 2.88 bits per heavy atom. The van der Waals surface area contributed by atoms with Crippen molar-refractivity contribution in [2.45, 2.75) is 19.5 Å². The third kappa shape index (κ3) is 3.74. The molecule has 10 heteroatoms. The van der Waals surface area contributed by atoms with Crippen LogP contribution in [0.4, 0.5) is 13.2 Å². The van der Waals surface area contributed by atoms with Gasteiger partial charge in [0.2, 0.25) is 5.71 Å². The number of carbonyl (C=O) groups is 1. The molecule has 1 fully saturated rings. The van der Waals surface area contributed by atoms with Gasteiger partial charge in [0.15, 0.2) is 0 Å². The average molecular weight is 372 g/mol. The monoisotopic (exact) mass is 372 g/mol. The van der Waals surface area contributed by atoms with Crippen LogP contribution in [0.3, 0.4) is 0 Å². The molecule has 26 heavy (non-hydrogen) atoms. The molecule has 0 radical (unpaired) electrons. The number of likely N-dealkylation sites (tertiary alicyclic amines) is 1. The summed E-state index contributed by atoms with van der Waals surface area (Å²) in [5.41, 5.74) is -0.180. The minimum atomic E-state index is -4.22. The highest BCUT2D eigenvalue weighted by molar-refractivity contribution is 6.06. The smallest absolute Gasteiger partial charge is 0.401 e. The van der Waals surface area contributed by atoms with E-state index < -0.39 is 24.2 Å². The molecule has 7 nitrogen and oxygen atoms in total. The fraction of sp³-hybridized carbons (Fsp3) is 0.562. The molecule has 1 amide bonds. The van der Waals surface area contributed by atoms with Gasteiger partial charge in [0.05, 0.1) is 12.1 Å². The van der Waals surface area contributed by atoms with E-state index in [0.29, 0.717) is 13.0 Å². The molecule has 2 aromatic rings. The van der Waals surface area contributed by atoms with Crippen molar-refractivity contribution in [3.63, 3.8) is 0 Å². The van der Waals surface area contributed by atoms with Gasteiger partial charge in [-0.3, -0.25) is 14.5 Å². The molecule has 1 aliphatic rings. The van der Waals surface area contributed by atoms with Crippen LogP contribution < -0.4 is 10.9 Å². The van der Waals surface area contributed by atoms with Crippen molar-refractivity contribution in [2.75, 3.05) is 26.2 Å². The first-order chi connectivity index (χ1) is 12.2. The maximum Gasteiger partial charge on any atom is 0.401 e. The van der Waals surface area contributed by atoms with E-state index in [1.807, 2.05) is 0 Å². The van der Waals surface area contributed by atoms with Gasteiger partial charge in [-0.05, 0) is 25.8 Å². The second-order valence-electron chi connectivity index (χ2n) is 6.59. The SMILES string of the molecule is Cc1oc2ncn(C)c(=O)c2c1C(=O)NCC1CCN(CC(F)(F)F)C1. The second kappa shape index (κ2) is 6.75. The molecule has 3 heterocycles. The van der Waals surface area contributed by atoms with Crippen LogP contribution in [0.5, 0.6) is 0 Å². The predicted octanol–water partition coefficient (Wildman–Crippen LogP) is 1.45. The first-order valence-electron chi connectivity index (χ1n) is 8.17. The van der Waals surface area contributed by atoms with Gasteiger partial charge in [-0.15, -0.1) is 0 Å². The Morgan fingerprint density at radius 2 is 2.19 bits per heavy atom. The molecule has 1 saturated heterocycles. The molecule has 0 spiro atoms. The number of carbonyl (C=O) groups excluding carboxylic acids is 1. The number of halogens is 3. The summed E-state index contributed by atoms with van der Waals surface area (Å²) in [7, 11) is 1.52. The highest BCUT2D eigenvalue weighted by Crippen LogP contribution is 2.23. The third-order valence-electron chi connectivity index (χ3n) is 4.50. The van der Waals surface area contributed by atoms with Gasteiger partial charge in [0, 0.05) is 20.1 Å². The van der Waals surface area contributed by atoms with Crippen molar-refractivity contribution in [1.82, 2.24) is 19.8 Å². The predicted molar refractivity (Wildman–Crippen MR) is 86.9 cm³/mol. The molecule has 142 valence electrons. The Kier molecular flexibility index (Phi) is 4.78. The minimum absolute atomic E-state index is 0.0688. The number of fused-ring (bicyclic) bond motifs is 1. The number of aryl methyl sites for hydroxylation is 2. The van der Waals surface area contributed by atoms with Gasteiger partial charge < -0.3 is 14.3 Å². The van der Waals surface area contributed by atoms with Crippen LogP contribution >= 0.6 is 0 Å². The van der Waals surface area contributed by atoms with E-state index in [1.165, 1.54) is 22.8 Å². The number of amides is 1. The van der Waals surface area contributed by atoms with E-state index in [9.17, 15) is 22.8 Å². The molecule has 2 aromatic heterocycles. The van der Waals surface area contributed by atoms with Gasteiger partial charge in [-0.25, -0.2) is 4.98 Å². The Balaban J connectivity index is 1.68. The topological polar surface area (TPSA) is 80.4 Å². The number of rotatable bonds is 4. The van der Waals surface area contributed by atoms with Crippen molar-refractivity contribution in [3.8, 4) is 0 Å². The molecule has 1 aliphatic heterocycles. The van der Waals surface area contributed by atoms with E-state index >= 15 is 0 Å². The summed E-state index contributed by atoms with van der Waals surface area (Å²) in [6, 6.07) is 0. The summed E-state index contributed by atoms with van der Waals surface area (Å²) >= 11 is 0. The van der Waals surface area contributed by atoms with Crippen LogP contribution in [0.15, 0.2) is 15.5 Å². The van der Waals surface area contributed by atoms with Crippen LogP contribution in [-0.2, 0) is 7.05 Å². The fourth-order valence-corrected chi connectivity index (χ4v) is 3.26. The largest absolute Gasteiger partial charge is 0.442 e. The number of nitrogens with one attached hydrogen (secondary N) is 1. The maximum atomic E-state index is 12.5. The lowest BCUT2D eigenvalue weighted by atomic mass is 10.1. The van der Waals surface area contributed by atoms with Crippen LogP contribution in [0, 0.1) is 12.8 Å². The number of alkyl halides is 3. The number of hydrogen-bond acceptors (Lipinski definition) is 5. The van der Waals surface area contributed by atoms with Crippen LogP contribution in [0.1, 0.15) is 22.5 Å². The number of furan rings is 1. The summed E-state index contributed by atoms with van der Waals surface area (Å²) in [4.78, 5) is 30.1. The summed E-state index contributed by atoms with van der Waals surface area (Å²) < 4.78 is 43.9. The zero-order chi connectivity index (χ0) is 19.1. The van der Waals surface area contributed by atoms with Gasteiger partial charge >= 0.3 is 6.18 Å². The van der Waals surface area contributed by atoms with Gasteiger partial charge in [-0.2, -0.15) is 13.2 Å². The van der Waals surface area contributed by atoms with E-state index in [4.69, 9.17) is 4.42 Å². The lowest BCUT2D eigenvalue weighted by Gasteiger charge is -2.18. The van der Waals surface area contributed by atoms with Crippen molar-refractivity contribution in [1.29, 1.82) is 0 Å². The molecule has 0 bridgehead atoms. The lowest BCUT2D eigenvalue weighted by Crippen LogP contribution is -2.35. The molecule has 0 aliphatic carbocycles. The van der Waals surface area contributed by atoms with Gasteiger partial charge in [-0.1, -0.05) is 0 Å². The average Bonchev–Trinajstić information content (AvgIpc) is 3.11. The van der Waals surface area contributed by atoms with Crippen molar-refractivity contribution >= 4 is 17.0 Å². The number of nitrogens with zero attached hydrogens (tertiary/aromatic N) is 3. The number of aromatic nitrogens is 2. The van der Waals surface area contributed by atoms with Crippen molar-refractivity contribution < 1.29 is 22.4 Å². The van der Waals surface area contributed by atoms with Crippen LogP contribution in [0.25, 0.3) is 11.1 Å². The van der Waals surface area contributed by atoms with Crippen molar-refractivity contribution in [2.24, 2.45) is 13.0 Å². The molecule has 3 rings (SSSR count). The summed E-state index contributed by atoms with van der Waals surface area (Å²) in [5, 5.41) is 2.81. The highest BCUT2D eigenvalue weighted by Gasteiger charge is 2.34. The van der Waals surface area contributed by atoms with Crippen LogP contribution in [-0.4, -0.2) is 52.7 Å². The molecule has 1 unspecified atom stereocenters. The second-order valence-corrected chi connectivity index (χ2v) is 6.59. The number of hydrogen-bond donors (Lipinski definition) is 1. The molecule has 0 aromatic carbocycles. The molecular weight excluding hydrogens is 353 g/mol. The summed E-state index contributed by atoms with van der Waals surface area (Å²) in [6.45, 7) is 1.48. The first-order valence-corrected chi connectivity index (χ1v) is 8.17. The van der Waals surface area contributed by atoms with E-state index in [2.05, 4.69) is 10.3 Å². The molecule has 1 atom stereocenters. The zero-order valence-electron chi connectivity index (χ0n) is 14.4. The lowest BCUT2D eigenvalue weighted by molar-refractivity contribution is -0.143. The van der Waals surface area contributed by atoms with E-state index in [0.717, 1.165) is 0 Å². The highest BCUT2D eigenvalue weighted by atomic mass is 19.4. The van der Waals surface area contributed by atoms with E-state index in [1.54, 1.807) is 6.92 Å². The van der Waals surface area contributed by atoms with Gasteiger partial charge in [0.25, 0.3) is 11.5 Å². The third-order valence-corrected chi connectivity index (χ3v) is 4.50. The zero-order valence-corrected chi connectivity index (χ0v) is 14.4. The first kappa shape index (κ1) is 18.4. The molecule has 0 saturated carbocycles. The minimum Gasteiger partial charge on any atom is -0.442 e. The fourth-order valence-electron chi connectivity index (χ4n) is 3.26. The van der Waals surface area contributed by atoms with E-state index in [-0.39, 0.29) is 41.4 Å².